The summed E-state index contributed by atoms with van der Waals surface area (Å²) in [5, 5.41) is 9.32. The summed E-state index contributed by atoms with van der Waals surface area (Å²) in [6, 6.07) is 16.2. The van der Waals surface area contributed by atoms with Gasteiger partial charge in [0, 0.05) is 38.4 Å². The Balaban J connectivity index is 1.50. The molecule has 2 aromatic rings. The lowest BCUT2D eigenvalue weighted by Gasteiger charge is -2.36. The number of piperazine rings is 1. The highest BCUT2D eigenvalue weighted by molar-refractivity contribution is 5.53. The Bertz CT molecular complexity index is 601. The molecule has 1 heterocycles. The fourth-order valence-electron chi connectivity index (χ4n) is 3.08. The standard InChI is InChI=1S/C19H24N2O/c1-16-4-2-3-5-19(16)21-14-12-20(13-15-21)11-10-17-6-8-18(22)9-7-17/h2-9,22H,10-15H2,1H3. The second-order valence-electron chi connectivity index (χ2n) is 6.03. The molecule has 1 saturated heterocycles. The van der Waals surface area contributed by atoms with E-state index < -0.39 is 0 Å². The molecule has 0 bridgehead atoms. The smallest absolute Gasteiger partial charge is 0.115 e. The summed E-state index contributed by atoms with van der Waals surface area (Å²) >= 11 is 0. The molecule has 3 nitrogen and oxygen atoms in total. The maximum atomic E-state index is 9.32. The molecule has 1 fully saturated rings. The van der Waals surface area contributed by atoms with E-state index in [1.807, 2.05) is 12.1 Å². The number of aryl methyl sites for hydroxylation is 1. The first-order valence-electron chi connectivity index (χ1n) is 8.03. The first-order chi connectivity index (χ1) is 10.7. The first kappa shape index (κ1) is 14.9. The maximum Gasteiger partial charge on any atom is 0.115 e. The van der Waals surface area contributed by atoms with Gasteiger partial charge in [-0.25, -0.2) is 0 Å². The molecular formula is C19H24N2O. The highest BCUT2D eigenvalue weighted by atomic mass is 16.3. The molecule has 0 spiro atoms. The summed E-state index contributed by atoms with van der Waals surface area (Å²) in [4.78, 5) is 5.02. The van der Waals surface area contributed by atoms with Crippen LogP contribution in [-0.2, 0) is 6.42 Å². The van der Waals surface area contributed by atoms with Crippen LogP contribution < -0.4 is 4.90 Å². The van der Waals surface area contributed by atoms with E-state index in [4.69, 9.17) is 0 Å². The number of benzene rings is 2. The quantitative estimate of drug-likeness (QED) is 0.939. The molecule has 2 aromatic carbocycles. The molecule has 116 valence electrons. The van der Waals surface area contributed by atoms with Gasteiger partial charge in [-0.2, -0.15) is 0 Å². The molecule has 1 aliphatic heterocycles. The van der Waals surface area contributed by atoms with E-state index in [1.54, 1.807) is 12.1 Å². The van der Waals surface area contributed by atoms with Crippen molar-refractivity contribution in [1.29, 1.82) is 0 Å². The van der Waals surface area contributed by atoms with Crippen LogP contribution in [0.4, 0.5) is 5.69 Å². The van der Waals surface area contributed by atoms with Crippen LogP contribution in [-0.4, -0.2) is 42.7 Å². The highest BCUT2D eigenvalue weighted by Crippen LogP contribution is 2.21. The molecule has 1 N–H and O–H groups in total. The first-order valence-corrected chi connectivity index (χ1v) is 8.03. The molecule has 3 rings (SSSR count). The summed E-state index contributed by atoms with van der Waals surface area (Å²) in [5.41, 5.74) is 4.03. The minimum absolute atomic E-state index is 0.343. The lowest BCUT2D eigenvalue weighted by Crippen LogP contribution is -2.47. The number of phenolic OH excluding ortho intramolecular Hbond substituents is 1. The van der Waals surface area contributed by atoms with Crippen molar-refractivity contribution in [2.75, 3.05) is 37.6 Å². The topological polar surface area (TPSA) is 26.7 Å². The number of phenols is 1. The van der Waals surface area contributed by atoms with E-state index in [0.717, 1.165) is 39.1 Å². The Hall–Kier alpha value is -2.00. The minimum Gasteiger partial charge on any atom is -0.508 e. The van der Waals surface area contributed by atoms with E-state index >= 15 is 0 Å². The fourth-order valence-corrected chi connectivity index (χ4v) is 3.08. The van der Waals surface area contributed by atoms with Crippen molar-refractivity contribution in [1.82, 2.24) is 4.90 Å². The van der Waals surface area contributed by atoms with Crippen molar-refractivity contribution in [3.63, 3.8) is 0 Å². The molecule has 3 heteroatoms. The van der Waals surface area contributed by atoms with Crippen LogP contribution in [0.1, 0.15) is 11.1 Å². The second kappa shape index (κ2) is 6.84. The predicted molar refractivity (Wildman–Crippen MR) is 91.6 cm³/mol. The van der Waals surface area contributed by atoms with Gasteiger partial charge in [0.05, 0.1) is 0 Å². The molecule has 0 aromatic heterocycles. The highest BCUT2D eigenvalue weighted by Gasteiger charge is 2.17. The lowest BCUT2D eigenvalue weighted by molar-refractivity contribution is 0.261. The van der Waals surface area contributed by atoms with Crippen LogP contribution >= 0.6 is 0 Å². The van der Waals surface area contributed by atoms with Gasteiger partial charge in [-0.05, 0) is 42.7 Å². The molecule has 0 amide bonds. The molecule has 0 atom stereocenters. The summed E-state index contributed by atoms with van der Waals surface area (Å²) in [5.74, 6) is 0.343. The van der Waals surface area contributed by atoms with Gasteiger partial charge >= 0.3 is 0 Å². The van der Waals surface area contributed by atoms with Gasteiger partial charge in [0.25, 0.3) is 0 Å². The van der Waals surface area contributed by atoms with Crippen LogP contribution in [0.25, 0.3) is 0 Å². The van der Waals surface area contributed by atoms with Gasteiger partial charge in [0.2, 0.25) is 0 Å². The normalized spacial score (nSPS) is 16.0. The van der Waals surface area contributed by atoms with Crippen molar-refractivity contribution in [3.05, 3.63) is 59.7 Å². The summed E-state index contributed by atoms with van der Waals surface area (Å²) in [6.45, 7) is 7.71. The molecular weight excluding hydrogens is 272 g/mol. The summed E-state index contributed by atoms with van der Waals surface area (Å²) < 4.78 is 0. The second-order valence-corrected chi connectivity index (χ2v) is 6.03. The van der Waals surface area contributed by atoms with Gasteiger partial charge in [-0.3, -0.25) is 4.90 Å². The fraction of sp³-hybridized carbons (Fsp3) is 0.368. The van der Waals surface area contributed by atoms with E-state index in [1.165, 1.54) is 16.8 Å². The van der Waals surface area contributed by atoms with Crippen LogP contribution in [0.2, 0.25) is 0 Å². The van der Waals surface area contributed by atoms with Crippen LogP contribution in [0.5, 0.6) is 5.75 Å². The number of para-hydroxylation sites is 1. The Morgan fingerprint density at radius 3 is 2.27 bits per heavy atom. The zero-order valence-electron chi connectivity index (χ0n) is 13.2. The summed E-state index contributed by atoms with van der Waals surface area (Å²) in [6.07, 6.45) is 1.05. The van der Waals surface area contributed by atoms with Crippen LogP contribution in [0.15, 0.2) is 48.5 Å². The van der Waals surface area contributed by atoms with Gasteiger partial charge < -0.3 is 10.0 Å². The molecule has 0 radical (unpaired) electrons. The molecule has 0 saturated carbocycles. The Morgan fingerprint density at radius 2 is 1.59 bits per heavy atom. The number of nitrogens with zero attached hydrogens (tertiary/aromatic N) is 2. The van der Waals surface area contributed by atoms with Gasteiger partial charge in [0.1, 0.15) is 5.75 Å². The zero-order chi connectivity index (χ0) is 15.4. The number of hydrogen-bond acceptors (Lipinski definition) is 3. The Morgan fingerprint density at radius 1 is 0.909 bits per heavy atom. The van der Waals surface area contributed by atoms with Crippen molar-refractivity contribution in [3.8, 4) is 5.75 Å². The number of aromatic hydroxyl groups is 1. The van der Waals surface area contributed by atoms with Crippen LogP contribution in [0.3, 0.4) is 0 Å². The van der Waals surface area contributed by atoms with E-state index in [2.05, 4.69) is 41.0 Å². The van der Waals surface area contributed by atoms with Gasteiger partial charge in [-0.1, -0.05) is 30.3 Å². The number of hydrogen-bond donors (Lipinski definition) is 1. The van der Waals surface area contributed by atoms with Gasteiger partial charge in [-0.15, -0.1) is 0 Å². The Kier molecular flexibility index (Phi) is 4.64. The SMILES string of the molecule is Cc1ccccc1N1CCN(CCc2ccc(O)cc2)CC1. The molecule has 0 unspecified atom stereocenters. The zero-order valence-corrected chi connectivity index (χ0v) is 13.2. The molecule has 0 aliphatic carbocycles. The van der Waals surface area contributed by atoms with Crippen molar-refractivity contribution < 1.29 is 5.11 Å². The van der Waals surface area contributed by atoms with Crippen molar-refractivity contribution in [2.45, 2.75) is 13.3 Å². The monoisotopic (exact) mass is 296 g/mol. The third kappa shape index (κ3) is 3.60. The van der Waals surface area contributed by atoms with E-state index in [0.29, 0.717) is 5.75 Å². The largest absolute Gasteiger partial charge is 0.508 e. The Labute approximate surface area is 132 Å². The number of anilines is 1. The third-order valence-electron chi connectivity index (χ3n) is 4.48. The van der Waals surface area contributed by atoms with E-state index in [9.17, 15) is 5.11 Å². The molecule has 22 heavy (non-hydrogen) atoms. The van der Waals surface area contributed by atoms with Crippen molar-refractivity contribution in [2.24, 2.45) is 0 Å². The lowest BCUT2D eigenvalue weighted by atomic mass is 10.1. The molecule has 1 aliphatic rings. The van der Waals surface area contributed by atoms with E-state index in [-0.39, 0.29) is 0 Å². The number of rotatable bonds is 4. The average molecular weight is 296 g/mol. The van der Waals surface area contributed by atoms with Gasteiger partial charge in [0.15, 0.2) is 0 Å². The van der Waals surface area contributed by atoms with Crippen molar-refractivity contribution >= 4 is 5.69 Å². The summed E-state index contributed by atoms with van der Waals surface area (Å²) in [7, 11) is 0. The predicted octanol–water partition coefficient (Wildman–Crippen LogP) is 3.07. The van der Waals surface area contributed by atoms with Crippen LogP contribution in [0, 0.1) is 6.92 Å². The maximum absolute atomic E-state index is 9.32. The average Bonchev–Trinajstić information content (AvgIpc) is 2.55. The third-order valence-corrected chi connectivity index (χ3v) is 4.48. The minimum atomic E-state index is 0.343.